The minimum absolute atomic E-state index is 0.224. The standard InChI is InChI=1S/C12H12N4O2/c13-6-8-3-4-9(15-7-8)12(18)16-5-1-2-10(16)11(14)17/h3-4,7,10H,1-2,5H2,(H2,14,17). The zero-order valence-electron chi connectivity index (χ0n) is 9.67. The number of aromatic nitrogens is 1. The second-order valence-corrected chi connectivity index (χ2v) is 4.10. The van der Waals surface area contributed by atoms with E-state index in [0.717, 1.165) is 6.42 Å². The van der Waals surface area contributed by atoms with Crippen LogP contribution in [0.1, 0.15) is 28.9 Å². The Kier molecular flexibility index (Phi) is 3.24. The first-order chi connectivity index (χ1) is 8.63. The maximum absolute atomic E-state index is 12.1. The Morgan fingerprint density at radius 3 is 2.83 bits per heavy atom. The van der Waals surface area contributed by atoms with Crippen molar-refractivity contribution in [2.75, 3.05) is 6.54 Å². The minimum Gasteiger partial charge on any atom is -0.368 e. The van der Waals surface area contributed by atoms with Crippen LogP contribution in [-0.4, -0.2) is 34.3 Å². The molecule has 6 heteroatoms. The molecule has 1 aliphatic heterocycles. The number of carbonyl (C=O) groups excluding carboxylic acids is 2. The number of primary amides is 1. The molecule has 0 spiro atoms. The molecule has 6 nitrogen and oxygen atoms in total. The monoisotopic (exact) mass is 244 g/mol. The summed E-state index contributed by atoms with van der Waals surface area (Å²) in [4.78, 5) is 28.7. The fourth-order valence-electron chi connectivity index (χ4n) is 2.04. The Labute approximate surface area is 104 Å². The van der Waals surface area contributed by atoms with Gasteiger partial charge in [-0.3, -0.25) is 9.59 Å². The summed E-state index contributed by atoms with van der Waals surface area (Å²) in [5.74, 6) is -0.810. The average Bonchev–Trinajstić information content (AvgIpc) is 2.87. The summed E-state index contributed by atoms with van der Waals surface area (Å²) >= 11 is 0. The predicted molar refractivity (Wildman–Crippen MR) is 62.2 cm³/mol. The Hall–Kier alpha value is -2.42. The van der Waals surface area contributed by atoms with E-state index < -0.39 is 11.9 Å². The highest BCUT2D eigenvalue weighted by Gasteiger charge is 2.33. The first-order valence-corrected chi connectivity index (χ1v) is 5.60. The number of nitriles is 1. The number of nitrogens with two attached hydrogens (primary N) is 1. The smallest absolute Gasteiger partial charge is 0.273 e. The SMILES string of the molecule is N#Cc1ccc(C(=O)N2CCCC2C(N)=O)nc1. The Morgan fingerprint density at radius 2 is 2.28 bits per heavy atom. The van der Waals surface area contributed by atoms with Crippen LogP contribution in [0.4, 0.5) is 0 Å². The topological polar surface area (TPSA) is 100 Å². The van der Waals surface area contributed by atoms with Crippen molar-refractivity contribution in [1.82, 2.24) is 9.88 Å². The third-order valence-electron chi connectivity index (χ3n) is 2.95. The van der Waals surface area contributed by atoms with Gasteiger partial charge in [0.1, 0.15) is 17.8 Å². The normalized spacial score (nSPS) is 18.4. The molecule has 1 aromatic heterocycles. The molecule has 1 fully saturated rings. The third kappa shape index (κ3) is 2.15. The van der Waals surface area contributed by atoms with E-state index in [0.29, 0.717) is 18.5 Å². The van der Waals surface area contributed by atoms with Crippen LogP contribution in [0.15, 0.2) is 18.3 Å². The molecule has 1 atom stereocenters. The summed E-state index contributed by atoms with van der Waals surface area (Å²) in [6, 6.07) is 4.39. The molecule has 1 aromatic rings. The van der Waals surface area contributed by atoms with Gasteiger partial charge >= 0.3 is 0 Å². The van der Waals surface area contributed by atoms with Crippen LogP contribution >= 0.6 is 0 Å². The van der Waals surface area contributed by atoms with Gasteiger partial charge in [-0.05, 0) is 25.0 Å². The second kappa shape index (κ2) is 4.84. The number of amides is 2. The minimum atomic E-state index is -0.546. The van der Waals surface area contributed by atoms with E-state index in [9.17, 15) is 9.59 Å². The Balaban J connectivity index is 2.20. The summed E-state index contributed by atoms with van der Waals surface area (Å²) in [5, 5.41) is 8.65. The number of nitrogens with zero attached hydrogens (tertiary/aromatic N) is 3. The molecular weight excluding hydrogens is 232 g/mol. The largest absolute Gasteiger partial charge is 0.368 e. The van der Waals surface area contributed by atoms with Gasteiger partial charge < -0.3 is 10.6 Å². The first-order valence-electron chi connectivity index (χ1n) is 5.60. The number of hydrogen-bond donors (Lipinski definition) is 1. The van der Waals surface area contributed by atoms with Crippen molar-refractivity contribution in [2.45, 2.75) is 18.9 Å². The summed E-state index contributed by atoms with van der Waals surface area (Å²) in [5.41, 5.74) is 5.87. The molecule has 1 saturated heterocycles. The molecular formula is C12H12N4O2. The van der Waals surface area contributed by atoms with Crippen molar-refractivity contribution < 1.29 is 9.59 Å². The number of pyridine rings is 1. The van der Waals surface area contributed by atoms with Gasteiger partial charge in [0.15, 0.2) is 0 Å². The lowest BCUT2D eigenvalue weighted by Crippen LogP contribution is -2.43. The van der Waals surface area contributed by atoms with E-state index in [4.69, 9.17) is 11.0 Å². The van der Waals surface area contributed by atoms with Gasteiger partial charge in [-0.25, -0.2) is 4.98 Å². The quantitative estimate of drug-likeness (QED) is 0.793. The Morgan fingerprint density at radius 1 is 1.50 bits per heavy atom. The molecule has 0 radical (unpaired) electrons. The lowest BCUT2D eigenvalue weighted by Gasteiger charge is -2.21. The van der Waals surface area contributed by atoms with Gasteiger partial charge in [-0.15, -0.1) is 0 Å². The van der Waals surface area contributed by atoms with Crippen molar-refractivity contribution in [3.63, 3.8) is 0 Å². The first kappa shape index (κ1) is 12.0. The zero-order valence-corrected chi connectivity index (χ0v) is 9.67. The van der Waals surface area contributed by atoms with E-state index in [1.807, 2.05) is 6.07 Å². The van der Waals surface area contributed by atoms with Gasteiger partial charge in [0.25, 0.3) is 5.91 Å². The number of carbonyl (C=O) groups is 2. The fourth-order valence-corrected chi connectivity index (χ4v) is 2.04. The zero-order chi connectivity index (χ0) is 13.1. The summed E-state index contributed by atoms with van der Waals surface area (Å²) in [6.45, 7) is 0.508. The van der Waals surface area contributed by atoms with Crippen molar-refractivity contribution in [2.24, 2.45) is 5.73 Å². The highest BCUT2D eigenvalue weighted by Crippen LogP contribution is 2.19. The van der Waals surface area contributed by atoms with Crippen molar-refractivity contribution in [3.8, 4) is 6.07 Å². The van der Waals surface area contributed by atoms with Gasteiger partial charge in [0.2, 0.25) is 5.91 Å². The molecule has 2 rings (SSSR count). The highest BCUT2D eigenvalue weighted by molar-refractivity contribution is 5.96. The number of likely N-dealkylation sites (tertiary alicyclic amines) is 1. The van der Waals surface area contributed by atoms with E-state index in [-0.39, 0.29) is 11.6 Å². The van der Waals surface area contributed by atoms with Crippen LogP contribution < -0.4 is 5.73 Å². The van der Waals surface area contributed by atoms with Crippen LogP contribution in [0, 0.1) is 11.3 Å². The second-order valence-electron chi connectivity index (χ2n) is 4.10. The number of rotatable bonds is 2. The molecule has 0 aromatic carbocycles. The van der Waals surface area contributed by atoms with Gasteiger partial charge in [0, 0.05) is 12.7 Å². The molecule has 0 aliphatic carbocycles. The van der Waals surface area contributed by atoms with E-state index >= 15 is 0 Å². The Bertz CT molecular complexity index is 518. The molecule has 92 valence electrons. The molecule has 0 saturated carbocycles. The van der Waals surface area contributed by atoms with Crippen LogP contribution in [0.5, 0.6) is 0 Å². The molecule has 0 bridgehead atoms. The molecule has 1 unspecified atom stereocenters. The molecule has 2 N–H and O–H groups in total. The van der Waals surface area contributed by atoms with Crippen molar-refractivity contribution in [3.05, 3.63) is 29.6 Å². The molecule has 18 heavy (non-hydrogen) atoms. The van der Waals surface area contributed by atoms with E-state index in [1.165, 1.54) is 23.2 Å². The highest BCUT2D eigenvalue weighted by atomic mass is 16.2. The van der Waals surface area contributed by atoms with Gasteiger partial charge in [-0.2, -0.15) is 5.26 Å². The third-order valence-corrected chi connectivity index (χ3v) is 2.95. The number of hydrogen-bond acceptors (Lipinski definition) is 4. The van der Waals surface area contributed by atoms with Crippen LogP contribution in [0.3, 0.4) is 0 Å². The fraction of sp³-hybridized carbons (Fsp3) is 0.333. The molecule has 2 heterocycles. The van der Waals surface area contributed by atoms with Gasteiger partial charge in [0.05, 0.1) is 5.56 Å². The maximum atomic E-state index is 12.1. The van der Waals surface area contributed by atoms with Crippen LogP contribution in [0.25, 0.3) is 0 Å². The van der Waals surface area contributed by atoms with Crippen molar-refractivity contribution >= 4 is 11.8 Å². The molecule has 2 amide bonds. The maximum Gasteiger partial charge on any atom is 0.273 e. The lowest BCUT2D eigenvalue weighted by atomic mass is 10.2. The predicted octanol–water partition coefficient (Wildman–Crippen LogP) is 0.0432. The van der Waals surface area contributed by atoms with E-state index in [2.05, 4.69) is 4.98 Å². The lowest BCUT2D eigenvalue weighted by molar-refractivity contribution is -0.121. The van der Waals surface area contributed by atoms with Crippen LogP contribution in [0.2, 0.25) is 0 Å². The van der Waals surface area contributed by atoms with Crippen LogP contribution in [-0.2, 0) is 4.79 Å². The summed E-state index contributed by atoms with van der Waals surface area (Å²) < 4.78 is 0. The molecule has 1 aliphatic rings. The van der Waals surface area contributed by atoms with E-state index in [1.54, 1.807) is 0 Å². The summed E-state index contributed by atoms with van der Waals surface area (Å²) in [6.07, 6.45) is 2.69. The van der Waals surface area contributed by atoms with Crippen molar-refractivity contribution in [1.29, 1.82) is 5.26 Å². The average molecular weight is 244 g/mol. The van der Waals surface area contributed by atoms with Gasteiger partial charge in [-0.1, -0.05) is 0 Å². The summed E-state index contributed by atoms with van der Waals surface area (Å²) in [7, 11) is 0.